The summed E-state index contributed by atoms with van der Waals surface area (Å²) < 4.78 is 43.7. The van der Waals surface area contributed by atoms with Crippen LogP contribution in [0.4, 0.5) is 4.39 Å². The third-order valence-corrected chi connectivity index (χ3v) is 7.28. The van der Waals surface area contributed by atoms with Crippen molar-refractivity contribution in [3.05, 3.63) is 71.5 Å². The fourth-order valence-corrected chi connectivity index (χ4v) is 4.22. The Hall–Kier alpha value is -2.86. The smallest absolute Gasteiger partial charge is 0.247 e. The number of halogens is 1. The van der Waals surface area contributed by atoms with E-state index in [1.807, 2.05) is 0 Å². The molecule has 2 aromatic rings. The normalized spacial score (nSPS) is 15.4. The molecule has 1 aliphatic rings. The predicted molar refractivity (Wildman–Crippen MR) is 134 cm³/mol. The fourth-order valence-electron chi connectivity index (χ4n) is 3.88. The van der Waals surface area contributed by atoms with Gasteiger partial charge in [0.15, 0.2) is 0 Å². The Labute approximate surface area is 211 Å². The lowest BCUT2D eigenvalue weighted by Crippen LogP contribution is -2.48. The van der Waals surface area contributed by atoms with Gasteiger partial charge in [-0.15, -0.1) is 0 Å². The van der Waals surface area contributed by atoms with Crippen LogP contribution >= 0.6 is 0 Å². The number of carbonyl (C=O) groups excluding carboxylic acids is 2. The number of benzene rings is 2. The Morgan fingerprint density at radius 1 is 1.08 bits per heavy atom. The maximum Gasteiger partial charge on any atom is 0.247 e. The van der Waals surface area contributed by atoms with Gasteiger partial charge in [0, 0.05) is 39.8 Å². The number of nitrogens with zero attached hydrogens (tertiary/aromatic N) is 3. The van der Waals surface area contributed by atoms with Crippen LogP contribution < -0.4 is 5.32 Å². The van der Waals surface area contributed by atoms with Gasteiger partial charge in [-0.3, -0.25) is 14.5 Å². The number of rotatable bonds is 11. The van der Waals surface area contributed by atoms with Crippen molar-refractivity contribution in [3.8, 4) is 0 Å². The highest BCUT2D eigenvalue weighted by Crippen LogP contribution is 2.24. The first-order chi connectivity index (χ1) is 17.1. The molecule has 0 aliphatic carbocycles. The number of hydrogen-bond donors (Lipinski definition) is 1. The minimum Gasteiger partial charge on any atom is -0.379 e. The van der Waals surface area contributed by atoms with E-state index in [0.29, 0.717) is 37.4 Å². The van der Waals surface area contributed by atoms with E-state index in [-0.39, 0.29) is 12.5 Å². The number of morpholine rings is 1. The van der Waals surface area contributed by atoms with Crippen molar-refractivity contribution >= 4 is 21.8 Å². The van der Waals surface area contributed by atoms with Crippen LogP contribution in [0.1, 0.15) is 17.2 Å². The summed E-state index contributed by atoms with van der Waals surface area (Å²) in [7, 11) is -2.32. The first-order valence-electron chi connectivity index (χ1n) is 11.7. The quantitative estimate of drug-likeness (QED) is 0.479. The van der Waals surface area contributed by atoms with Crippen molar-refractivity contribution in [2.24, 2.45) is 0 Å². The molecular formula is C25H33FN4O5S. The van der Waals surface area contributed by atoms with Gasteiger partial charge < -0.3 is 15.0 Å². The Morgan fingerprint density at radius 3 is 2.33 bits per heavy atom. The molecule has 2 aromatic carbocycles. The van der Waals surface area contributed by atoms with Crippen LogP contribution in [0.25, 0.3) is 0 Å². The van der Waals surface area contributed by atoms with Gasteiger partial charge in [0.05, 0.1) is 26.0 Å². The molecule has 0 spiro atoms. The second-order valence-corrected chi connectivity index (χ2v) is 10.8. The predicted octanol–water partition coefficient (Wildman–Crippen LogP) is 1.24. The third kappa shape index (κ3) is 8.09. The Bertz CT molecular complexity index is 1110. The zero-order valence-corrected chi connectivity index (χ0v) is 21.4. The van der Waals surface area contributed by atoms with E-state index >= 15 is 0 Å². The van der Waals surface area contributed by atoms with Crippen LogP contribution in [-0.4, -0.2) is 93.6 Å². The summed E-state index contributed by atoms with van der Waals surface area (Å²) in [5, 5.41) is 2.94. The van der Waals surface area contributed by atoms with E-state index in [1.54, 1.807) is 30.3 Å². The molecule has 2 amide bonds. The summed E-state index contributed by atoms with van der Waals surface area (Å²) in [5.41, 5.74) is 1.19. The summed E-state index contributed by atoms with van der Waals surface area (Å²) >= 11 is 0. The molecule has 1 saturated heterocycles. The molecule has 1 fully saturated rings. The lowest BCUT2D eigenvalue weighted by Gasteiger charge is -2.33. The maximum atomic E-state index is 13.5. The molecule has 36 heavy (non-hydrogen) atoms. The van der Waals surface area contributed by atoms with E-state index in [9.17, 15) is 22.4 Å². The van der Waals surface area contributed by atoms with Crippen molar-refractivity contribution in [3.63, 3.8) is 0 Å². The van der Waals surface area contributed by atoms with Gasteiger partial charge in [-0.1, -0.05) is 42.5 Å². The number of amides is 2. The van der Waals surface area contributed by atoms with Gasteiger partial charge in [-0.25, -0.2) is 12.8 Å². The van der Waals surface area contributed by atoms with Gasteiger partial charge in [0.25, 0.3) is 0 Å². The van der Waals surface area contributed by atoms with Crippen LogP contribution in [0.5, 0.6) is 0 Å². The first-order valence-corrected chi connectivity index (χ1v) is 13.6. The van der Waals surface area contributed by atoms with E-state index in [1.165, 1.54) is 36.2 Å². The molecule has 11 heteroatoms. The maximum absolute atomic E-state index is 13.5. The van der Waals surface area contributed by atoms with Crippen LogP contribution in [-0.2, 0) is 30.9 Å². The topological polar surface area (TPSA) is 99.3 Å². The Morgan fingerprint density at radius 2 is 1.72 bits per heavy atom. The highest BCUT2D eigenvalue weighted by molar-refractivity contribution is 7.88. The molecule has 0 saturated carbocycles. The molecule has 0 aromatic heterocycles. The minimum absolute atomic E-state index is 0.00679. The lowest BCUT2D eigenvalue weighted by molar-refractivity contribution is -0.141. The monoisotopic (exact) mass is 520 g/mol. The molecule has 1 atom stereocenters. The second kappa shape index (κ2) is 12.9. The van der Waals surface area contributed by atoms with Crippen molar-refractivity contribution in [2.75, 3.05) is 59.2 Å². The molecule has 1 unspecified atom stereocenters. The number of hydrogen-bond acceptors (Lipinski definition) is 6. The number of carbonyl (C=O) groups is 2. The fraction of sp³-hybridized carbons (Fsp3) is 0.440. The number of sulfonamides is 1. The molecule has 196 valence electrons. The van der Waals surface area contributed by atoms with Gasteiger partial charge in [0.2, 0.25) is 21.8 Å². The molecule has 3 rings (SSSR count). The first kappa shape index (κ1) is 27.7. The van der Waals surface area contributed by atoms with Crippen LogP contribution in [0.2, 0.25) is 0 Å². The van der Waals surface area contributed by atoms with E-state index in [2.05, 4.69) is 10.2 Å². The van der Waals surface area contributed by atoms with Crippen LogP contribution in [0, 0.1) is 5.82 Å². The van der Waals surface area contributed by atoms with E-state index in [0.717, 1.165) is 23.7 Å². The zero-order chi connectivity index (χ0) is 26.1. The molecule has 0 radical (unpaired) electrons. The largest absolute Gasteiger partial charge is 0.379 e. The minimum atomic E-state index is -3.63. The molecule has 0 bridgehead atoms. The Kier molecular flexibility index (Phi) is 9.94. The second-order valence-electron chi connectivity index (χ2n) is 8.73. The van der Waals surface area contributed by atoms with E-state index in [4.69, 9.17) is 4.74 Å². The van der Waals surface area contributed by atoms with Crippen LogP contribution in [0.3, 0.4) is 0 Å². The number of ether oxygens (including phenoxy) is 1. The van der Waals surface area contributed by atoms with E-state index < -0.39 is 34.3 Å². The summed E-state index contributed by atoms with van der Waals surface area (Å²) in [6.07, 6.45) is 1.01. The average Bonchev–Trinajstić information content (AvgIpc) is 2.85. The van der Waals surface area contributed by atoms with Crippen LogP contribution in [0.15, 0.2) is 54.6 Å². The van der Waals surface area contributed by atoms with Gasteiger partial charge in [-0.2, -0.15) is 4.31 Å². The highest BCUT2D eigenvalue weighted by Gasteiger charge is 2.33. The van der Waals surface area contributed by atoms with Crippen molar-refractivity contribution in [1.29, 1.82) is 0 Å². The summed E-state index contributed by atoms with van der Waals surface area (Å²) in [6, 6.07) is 13.5. The summed E-state index contributed by atoms with van der Waals surface area (Å²) in [6.45, 7) is 3.43. The van der Waals surface area contributed by atoms with Gasteiger partial charge in [0.1, 0.15) is 11.9 Å². The van der Waals surface area contributed by atoms with Crippen molar-refractivity contribution in [1.82, 2.24) is 19.4 Å². The molecular weight excluding hydrogens is 487 g/mol. The summed E-state index contributed by atoms with van der Waals surface area (Å²) in [4.78, 5) is 30.5. The summed E-state index contributed by atoms with van der Waals surface area (Å²) in [5.74, 6) is -1.36. The lowest BCUT2D eigenvalue weighted by atomic mass is 10.0. The van der Waals surface area contributed by atoms with Crippen molar-refractivity contribution < 1.29 is 27.1 Å². The van der Waals surface area contributed by atoms with Gasteiger partial charge >= 0.3 is 0 Å². The van der Waals surface area contributed by atoms with Crippen molar-refractivity contribution in [2.45, 2.75) is 12.6 Å². The Balaban J connectivity index is 1.87. The number of nitrogens with one attached hydrogen (secondary N) is 1. The number of likely N-dealkylation sites (N-methyl/N-ethyl adjacent to an activating group) is 1. The third-order valence-electron chi connectivity index (χ3n) is 6.02. The molecule has 9 nitrogen and oxygen atoms in total. The molecule has 1 N–H and O–H groups in total. The zero-order valence-electron chi connectivity index (χ0n) is 20.6. The molecule has 1 aliphatic heterocycles. The standard InChI is InChI=1S/C25H33FN4O5S/c1-28(36(2,33)34)19-23(31)30(18-20-8-10-22(26)11-9-20)24(21-6-4-3-5-7-21)25(32)27-12-13-29-14-16-35-17-15-29/h3-11,24H,12-19H2,1-2H3,(H,27,32). The average molecular weight is 521 g/mol. The van der Waals surface area contributed by atoms with Gasteiger partial charge in [-0.05, 0) is 23.3 Å². The molecule has 1 heterocycles. The SMILES string of the molecule is CN(CC(=O)N(Cc1ccc(F)cc1)C(C(=O)NCCN1CCOCC1)c1ccccc1)S(C)(=O)=O. The highest BCUT2D eigenvalue weighted by atomic mass is 32.2.